The molecule has 1 rings (SSSR count). The number of hydrogen-bond acceptors (Lipinski definition) is 3. The van der Waals surface area contributed by atoms with E-state index in [9.17, 15) is 13.6 Å². The second kappa shape index (κ2) is 6.46. The van der Waals surface area contributed by atoms with Gasteiger partial charge >= 0.3 is 6.09 Å². The number of carbonyl (C=O) groups excluding carboxylic acids is 1. The lowest BCUT2D eigenvalue weighted by Crippen LogP contribution is -2.59. The molecule has 124 valence electrons. The minimum Gasteiger partial charge on any atom is -0.444 e. The SMILES string of the molecule is CC(C)(C)OC(=O)NC1(CC(C)(N)C(F)F)CCCCC1. The average molecular weight is 306 g/mol. The Morgan fingerprint density at radius 3 is 2.19 bits per heavy atom. The van der Waals surface area contributed by atoms with Crippen LogP contribution in [0.4, 0.5) is 13.6 Å². The number of rotatable bonds is 4. The number of halogens is 2. The average Bonchev–Trinajstić information content (AvgIpc) is 2.25. The number of alkyl halides is 2. The van der Waals surface area contributed by atoms with Crippen molar-refractivity contribution in [1.82, 2.24) is 5.32 Å². The minimum absolute atomic E-state index is 0.0525. The molecule has 1 aliphatic rings. The molecule has 0 bridgehead atoms. The molecule has 1 unspecified atom stereocenters. The number of amides is 1. The fourth-order valence-corrected chi connectivity index (χ4v) is 2.90. The van der Waals surface area contributed by atoms with E-state index in [1.807, 2.05) is 0 Å². The van der Waals surface area contributed by atoms with Crippen molar-refractivity contribution in [2.24, 2.45) is 5.73 Å². The lowest BCUT2D eigenvalue weighted by Gasteiger charge is -2.43. The molecule has 0 aromatic heterocycles. The molecule has 1 amide bonds. The third-order valence-electron chi connectivity index (χ3n) is 3.79. The lowest BCUT2D eigenvalue weighted by atomic mass is 9.74. The molecule has 0 spiro atoms. The first kappa shape index (κ1) is 18.1. The summed E-state index contributed by atoms with van der Waals surface area (Å²) < 4.78 is 31.4. The summed E-state index contributed by atoms with van der Waals surface area (Å²) in [7, 11) is 0. The molecule has 1 aliphatic carbocycles. The molecule has 21 heavy (non-hydrogen) atoms. The second-order valence-corrected chi connectivity index (χ2v) is 7.45. The molecule has 0 heterocycles. The van der Waals surface area contributed by atoms with Gasteiger partial charge in [-0.3, -0.25) is 0 Å². The number of ether oxygens (including phenoxy) is 1. The van der Waals surface area contributed by atoms with Crippen LogP contribution in [0.2, 0.25) is 0 Å². The number of hydrogen-bond donors (Lipinski definition) is 2. The molecule has 0 aromatic carbocycles. The lowest BCUT2D eigenvalue weighted by molar-refractivity contribution is 0.0180. The molecule has 1 atom stereocenters. The Bertz CT molecular complexity index is 359. The minimum atomic E-state index is -2.63. The number of nitrogens with two attached hydrogens (primary N) is 1. The van der Waals surface area contributed by atoms with Gasteiger partial charge in [-0.15, -0.1) is 0 Å². The van der Waals surface area contributed by atoms with Gasteiger partial charge in [0.05, 0.1) is 5.54 Å². The zero-order valence-electron chi connectivity index (χ0n) is 13.5. The van der Waals surface area contributed by atoms with E-state index in [4.69, 9.17) is 10.5 Å². The van der Waals surface area contributed by atoms with Crippen molar-refractivity contribution in [3.8, 4) is 0 Å². The van der Waals surface area contributed by atoms with Gasteiger partial charge in [0.25, 0.3) is 6.43 Å². The maximum atomic E-state index is 13.1. The normalized spacial score (nSPS) is 21.7. The maximum absolute atomic E-state index is 13.1. The Morgan fingerprint density at radius 1 is 1.24 bits per heavy atom. The van der Waals surface area contributed by atoms with Crippen LogP contribution >= 0.6 is 0 Å². The third-order valence-corrected chi connectivity index (χ3v) is 3.79. The van der Waals surface area contributed by atoms with E-state index in [0.29, 0.717) is 12.8 Å². The van der Waals surface area contributed by atoms with Crippen molar-refractivity contribution in [2.45, 2.75) is 89.3 Å². The highest BCUT2D eigenvalue weighted by Gasteiger charge is 2.43. The van der Waals surface area contributed by atoms with Crippen molar-refractivity contribution < 1.29 is 18.3 Å². The predicted molar refractivity (Wildman–Crippen MR) is 78.4 cm³/mol. The topological polar surface area (TPSA) is 64.3 Å². The summed E-state index contributed by atoms with van der Waals surface area (Å²) in [5.41, 5.74) is 2.81. The Balaban J connectivity index is 2.82. The molecule has 0 saturated heterocycles. The molecular weight excluding hydrogens is 278 g/mol. The van der Waals surface area contributed by atoms with Crippen LogP contribution in [-0.4, -0.2) is 29.2 Å². The summed E-state index contributed by atoms with van der Waals surface area (Å²) in [5, 5.41) is 2.83. The van der Waals surface area contributed by atoms with Gasteiger partial charge in [-0.25, -0.2) is 13.6 Å². The first-order valence-corrected chi connectivity index (χ1v) is 7.54. The van der Waals surface area contributed by atoms with Crippen LogP contribution in [-0.2, 0) is 4.74 Å². The summed E-state index contributed by atoms with van der Waals surface area (Å²) in [6.45, 7) is 6.65. The Labute approximate surface area is 125 Å². The van der Waals surface area contributed by atoms with Gasteiger partial charge < -0.3 is 15.8 Å². The standard InChI is InChI=1S/C15H28F2N2O2/c1-13(2,3)21-12(20)19-15(8-6-5-7-9-15)10-14(4,18)11(16)17/h11H,5-10,18H2,1-4H3,(H,19,20). The third kappa shape index (κ3) is 5.77. The second-order valence-electron chi connectivity index (χ2n) is 7.45. The van der Waals surface area contributed by atoms with Crippen LogP contribution in [0.3, 0.4) is 0 Å². The van der Waals surface area contributed by atoms with Gasteiger partial charge in [-0.05, 0) is 47.0 Å². The van der Waals surface area contributed by atoms with E-state index in [-0.39, 0.29) is 6.42 Å². The smallest absolute Gasteiger partial charge is 0.408 e. The van der Waals surface area contributed by atoms with Crippen molar-refractivity contribution in [3.63, 3.8) is 0 Å². The fourth-order valence-electron chi connectivity index (χ4n) is 2.90. The van der Waals surface area contributed by atoms with Crippen LogP contribution in [0.25, 0.3) is 0 Å². The van der Waals surface area contributed by atoms with E-state index in [0.717, 1.165) is 19.3 Å². The van der Waals surface area contributed by atoms with Crippen molar-refractivity contribution in [2.75, 3.05) is 0 Å². The quantitative estimate of drug-likeness (QED) is 0.834. The monoisotopic (exact) mass is 306 g/mol. The molecule has 3 N–H and O–H groups in total. The predicted octanol–water partition coefficient (Wildman–Crippen LogP) is 3.59. The van der Waals surface area contributed by atoms with Crippen LogP contribution in [0, 0.1) is 0 Å². The van der Waals surface area contributed by atoms with E-state index in [1.54, 1.807) is 20.8 Å². The van der Waals surface area contributed by atoms with Gasteiger partial charge in [-0.2, -0.15) is 0 Å². The maximum Gasteiger partial charge on any atom is 0.408 e. The van der Waals surface area contributed by atoms with Gasteiger partial charge in [0.15, 0.2) is 0 Å². The van der Waals surface area contributed by atoms with Gasteiger partial charge in [0, 0.05) is 5.54 Å². The number of alkyl carbamates (subject to hydrolysis) is 1. The van der Waals surface area contributed by atoms with E-state index in [2.05, 4.69) is 5.32 Å². The van der Waals surface area contributed by atoms with E-state index >= 15 is 0 Å². The van der Waals surface area contributed by atoms with Gasteiger partial charge in [0.1, 0.15) is 5.60 Å². The van der Waals surface area contributed by atoms with Crippen LogP contribution < -0.4 is 11.1 Å². The van der Waals surface area contributed by atoms with Crippen LogP contribution in [0.5, 0.6) is 0 Å². The highest BCUT2D eigenvalue weighted by atomic mass is 19.3. The number of nitrogens with one attached hydrogen (secondary N) is 1. The molecule has 1 fully saturated rings. The first-order valence-electron chi connectivity index (χ1n) is 7.54. The Hall–Kier alpha value is -0.910. The molecule has 0 aromatic rings. The van der Waals surface area contributed by atoms with Gasteiger partial charge in [0.2, 0.25) is 0 Å². The van der Waals surface area contributed by atoms with Gasteiger partial charge in [-0.1, -0.05) is 19.3 Å². The first-order chi connectivity index (χ1) is 9.46. The summed E-state index contributed by atoms with van der Waals surface area (Å²) in [4.78, 5) is 12.0. The molecular formula is C15H28F2N2O2. The molecule has 6 heteroatoms. The summed E-state index contributed by atoms with van der Waals surface area (Å²) in [6.07, 6.45) is 1.03. The Kier molecular flexibility index (Phi) is 5.58. The van der Waals surface area contributed by atoms with E-state index < -0.39 is 29.2 Å². The molecule has 0 radical (unpaired) electrons. The summed E-state index contributed by atoms with van der Waals surface area (Å²) in [6, 6.07) is 0. The van der Waals surface area contributed by atoms with Crippen molar-refractivity contribution in [3.05, 3.63) is 0 Å². The highest BCUT2D eigenvalue weighted by molar-refractivity contribution is 5.68. The largest absolute Gasteiger partial charge is 0.444 e. The summed E-state index contributed by atoms with van der Waals surface area (Å²) in [5.74, 6) is 0. The van der Waals surface area contributed by atoms with Crippen LogP contribution in [0.1, 0.15) is 66.2 Å². The van der Waals surface area contributed by atoms with Crippen LogP contribution in [0.15, 0.2) is 0 Å². The van der Waals surface area contributed by atoms with E-state index in [1.165, 1.54) is 6.92 Å². The zero-order valence-corrected chi connectivity index (χ0v) is 13.5. The number of carbonyl (C=O) groups is 1. The molecule has 1 saturated carbocycles. The summed E-state index contributed by atoms with van der Waals surface area (Å²) >= 11 is 0. The molecule has 4 nitrogen and oxygen atoms in total. The van der Waals surface area contributed by atoms with Crippen molar-refractivity contribution >= 4 is 6.09 Å². The van der Waals surface area contributed by atoms with Crippen molar-refractivity contribution in [1.29, 1.82) is 0 Å². The molecule has 0 aliphatic heterocycles. The Morgan fingerprint density at radius 2 is 1.76 bits per heavy atom. The highest BCUT2D eigenvalue weighted by Crippen LogP contribution is 2.36. The zero-order chi connectivity index (χ0) is 16.3. The fraction of sp³-hybridized carbons (Fsp3) is 0.933.